The van der Waals surface area contributed by atoms with Crippen LogP contribution in [-0.4, -0.2) is 56.8 Å². The Morgan fingerprint density at radius 2 is 2.04 bits per heavy atom. The fourth-order valence-electron chi connectivity index (χ4n) is 2.68. The molecule has 0 radical (unpaired) electrons. The third kappa shape index (κ3) is 4.24. The molecule has 0 aliphatic carbocycles. The number of amides is 1. The molecule has 2 heterocycles. The first-order valence-corrected chi connectivity index (χ1v) is 9.99. The molecule has 1 aromatic heterocycles. The van der Waals surface area contributed by atoms with Gasteiger partial charge in [-0.25, -0.2) is 0 Å². The van der Waals surface area contributed by atoms with E-state index in [9.17, 15) is 13.2 Å². The molecule has 23 heavy (non-hydrogen) atoms. The van der Waals surface area contributed by atoms with E-state index in [4.69, 9.17) is 11.6 Å². The summed E-state index contributed by atoms with van der Waals surface area (Å²) in [6, 6.07) is 3.11. The lowest BCUT2D eigenvalue weighted by atomic mass is 9.92. The van der Waals surface area contributed by atoms with Crippen LogP contribution in [0.2, 0.25) is 4.34 Å². The van der Waals surface area contributed by atoms with Gasteiger partial charge in [-0.05, 0) is 24.0 Å². The van der Waals surface area contributed by atoms with Gasteiger partial charge in [0.25, 0.3) is 16.1 Å². The molecule has 2 unspecified atom stereocenters. The molecule has 9 heteroatoms. The van der Waals surface area contributed by atoms with Crippen LogP contribution in [-0.2, 0) is 10.2 Å². The Labute approximate surface area is 146 Å². The van der Waals surface area contributed by atoms with Crippen molar-refractivity contribution in [1.29, 1.82) is 0 Å². The molecule has 0 aromatic carbocycles. The number of carbonyl (C=O) groups is 1. The maximum atomic E-state index is 12.6. The second-order valence-electron chi connectivity index (χ2n) is 6.23. The largest absolute Gasteiger partial charge is 0.336 e. The highest BCUT2D eigenvalue weighted by Gasteiger charge is 2.39. The summed E-state index contributed by atoms with van der Waals surface area (Å²) in [5, 5.41) is 0. The number of halogens is 1. The van der Waals surface area contributed by atoms with Gasteiger partial charge in [0.1, 0.15) is 0 Å². The summed E-state index contributed by atoms with van der Waals surface area (Å²) in [6.45, 7) is 4.98. The summed E-state index contributed by atoms with van der Waals surface area (Å²) < 4.78 is 28.6. The van der Waals surface area contributed by atoms with Crippen molar-refractivity contribution in [2.45, 2.75) is 19.9 Å². The van der Waals surface area contributed by atoms with Crippen LogP contribution in [0.3, 0.4) is 0 Å². The summed E-state index contributed by atoms with van der Waals surface area (Å²) in [7, 11) is -0.562. The van der Waals surface area contributed by atoms with E-state index in [1.54, 1.807) is 17.0 Å². The Hall–Kier alpha value is -0.670. The van der Waals surface area contributed by atoms with Crippen LogP contribution in [0.15, 0.2) is 12.1 Å². The lowest BCUT2D eigenvalue weighted by molar-refractivity contribution is 0.0787. The maximum absolute atomic E-state index is 12.6. The summed E-state index contributed by atoms with van der Waals surface area (Å²) >= 11 is 7.13. The highest BCUT2D eigenvalue weighted by atomic mass is 35.5. The van der Waals surface area contributed by atoms with E-state index in [1.165, 1.54) is 25.4 Å². The number of nitrogens with zero attached hydrogens (tertiary/aromatic N) is 2. The van der Waals surface area contributed by atoms with Crippen LogP contribution in [0.25, 0.3) is 0 Å². The summed E-state index contributed by atoms with van der Waals surface area (Å²) in [5.74, 6) is 0.234. The minimum absolute atomic E-state index is 0.0732. The van der Waals surface area contributed by atoms with Crippen LogP contribution >= 0.6 is 22.9 Å². The van der Waals surface area contributed by atoms with E-state index in [1.807, 2.05) is 13.8 Å². The average Bonchev–Trinajstić information content (AvgIpc) is 3.04. The number of likely N-dealkylation sites (tertiary alicyclic amines) is 1. The van der Waals surface area contributed by atoms with Crippen molar-refractivity contribution in [2.24, 2.45) is 11.8 Å². The minimum Gasteiger partial charge on any atom is -0.336 e. The van der Waals surface area contributed by atoms with Crippen molar-refractivity contribution < 1.29 is 13.2 Å². The van der Waals surface area contributed by atoms with E-state index >= 15 is 0 Å². The lowest BCUT2D eigenvalue weighted by Crippen LogP contribution is -2.46. The van der Waals surface area contributed by atoms with Crippen LogP contribution in [0.1, 0.15) is 23.5 Å². The quantitative estimate of drug-likeness (QED) is 0.849. The number of thiophene rings is 1. The number of hydrogen-bond acceptors (Lipinski definition) is 4. The molecule has 2 rings (SSSR count). The van der Waals surface area contributed by atoms with Gasteiger partial charge in [0.2, 0.25) is 0 Å². The van der Waals surface area contributed by atoms with E-state index in [0.29, 0.717) is 22.3 Å². The molecular formula is C14H22ClN3O3S2. The first-order valence-electron chi connectivity index (χ1n) is 7.36. The van der Waals surface area contributed by atoms with Gasteiger partial charge in [0.15, 0.2) is 0 Å². The molecule has 130 valence electrons. The molecule has 1 N–H and O–H groups in total. The SMILES string of the molecule is CC(C)C1CN(C(=O)c2ccc(Cl)s2)CC1NS(=O)(=O)N(C)C. The van der Waals surface area contributed by atoms with Crippen LogP contribution in [0, 0.1) is 11.8 Å². The number of rotatable bonds is 5. The molecule has 1 fully saturated rings. The Kier molecular flexibility index (Phi) is 5.73. The zero-order valence-corrected chi connectivity index (χ0v) is 16.0. The molecule has 0 saturated carbocycles. The van der Waals surface area contributed by atoms with Crippen molar-refractivity contribution >= 4 is 39.1 Å². The monoisotopic (exact) mass is 379 g/mol. The van der Waals surface area contributed by atoms with E-state index in [-0.39, 0.29) is 23.8 Å². The smallest absolute Gasteiger partial charge is 0.279 e. The van der Waals surface area contributed by atoms with Gasteiger partial charge >= 0.3 is 0 Å². The van der Waals surface area contributed by atoms with Gasteiger partial charge in [-0.3, -0.25) is 4.79 Å². The minimum atomic E-state index is -3.53. The average molecular weight is 380 g/mol. The van der Waals surface area contributed by atoms with Crippen molar-refractivity contribution in [2.75, 3.05) is 27.2 Å². The molecule has 1 aliphatic rings. The molecular weight excluding hydrogens is 358 g/mol. The predicted octanol–water partition coefficient (Wildman–Crippen LogP) is 1.89. The Morgan fingerprint density at radius 1 is 1.39 bits per heavy atom. The lowest BCUT2D eigenvalue weighted by Gasteiger charge is -2.24. The zero-order valence-electron chi connectivity index (χ0n) is 13.6. The Bertz CT molecular complexity index is 673. The highest BCUT2D eigenvalue weighted by Crippen LogP contribution is 2.29. The number of nitrogens with one attached hydrogen (secondary N) is 1. The van der Waals surface area contributed by atoms with Gasteiger partial charge in [0.05, 0.1) is 9.21 Å². The molecule has 1 aromatic rings. The maximum Gasteiger partial charge on any atom is 0.279 e. The summed E-state index contributed by atoms with van der Waals surface area (Å²) in [4.78, 5) is 14.8. The predicted molar refractivity (Wildman–Crippen MR) is 93.1 cm³/mol. The van der Waals surface area contributed by atoms with Crippen LogP contribution in [0.4, 0.5) is 0 Å². The topological polar surface area (TPSA) is 69.7 Å². The molecule has 1 amide bonds. The second kappa shape index (κ2) is 7.06. The first kappa shape index (κ1) is 18.7. The molecule has 0 spiro atoms. The highest BCUT2D eigenvalue weighted by molar-refractivity contribution is 7.87. The normalized spacial score (nSPS) is 22.3. The standard InChI is InChI=1S/C14H22ClN3O3S2/c1-9(2)10-7-18(14(19)12-5-6-13(15)22-12)8-11(10)16-23(20,21)17(3)4/h5-6,9-11,16H,7-8H2,1-4H3. The third-order valence-electron chi connectivity index (χ3n) is 4.07. The molecule has 0 bridgehead atoms. The van der Waals surface area contributed by atoms with Crippen molar-refractivity contribution in [1.82, 2.24) is 13.9 Å². The van der Waals surface area contributed by atoms with Gasteiger partial charge < -0.3 is 4.90 Å². The number of hydrogen-bond donors (Lipinski definition) is 1. The van der Waals surface area contributed by atoms with Crippen molar-refractivity contribution in [3.8, 4) is 0 Å². The summed E-state index contributed by atoms with van der Waals surface area (Å²) in [6.07, 6.45) is 0. The second-order valence-corrected chi connectivity index (χ2v) is 9.86. The molecule has 1 saturated heterocycles. The molecule has 2 atom stereocenters. The van der Waals surface area contributed by atoms with Gasteiger partial charge in [-0.2, -0.15) is 17.4 Å². The Morgan fingerprint density at radius 3 is 2.52 bits per heavy atom. The van der Waals surface area contributed by atoms with Gasteiger partial charge in [0, 0.05) is 33.2 Å². The Balaban J connectivity index is 2.16. The van der Waals surface area contributed by atoms with Gasteiger partial charge in [-0.1, -0.05) is 25.4 Å². The van der Waals surface area contributed by atoms with E-state index in [0.717, 1.165) is 4.31 Å². The van der Waals surface area contributed by atoms with E-state index in [2.05, 4.69) is 4.72 Å². The zero-order chi connectivity index (χ0) is 17.4. The van der Waals surface area contributed by atoms with Crippen LogP contribution in [0.5, 0.6) is 0 Å². The summed E-state index contributed by atoms with van der Waals surface area (Å²) in [5.41, 5.74) is 0. The third-order valence-corrected chi connectivity index (χ3v) is 6.85. The molecule has 6 nitrogen and oxygen atoms in total. The fraction of sp³-hybridized carbons (Fsp3) is 0.643. The fourth-order valence-corrected chi connectivity index (χ4v) is 4.53. The van der Waals surface area contributed by atoms with Crippen molar-refractivity contribution in [3.63, 3.8) is 0 Å². The first-order chi connectivity index (χ1) is 10.6. The number of carbonyl (C=O) groups excluding carboxylic acids is 1. The van der Waals surface area contributed by atoms with Crippen LogP contribution < -0.4 is 4.72 Å². The van der Waals surface area contributed by atoms with Gasteiger partial charge in [-0.15, -0.1) is 11.3 Å². The van der Waals surface area contributed by atoms with E-state index < -0.39 is 10.2 Å². The van der Waals surface area contributed by atoms with Crippen molar-refractivity contribution in [3.05, 3.63) is 21.3 Å². The molecule has 1 aliphatic heterocycles.